The van der Waals surface area contributed by atoms with Gasteiger partial charge in [0.1, 0.15) is 0 Å². The van der Waals surface area contributed by atoms with Gasteiger partial charge in [-0.15, -0.1) is 0 Å². The van der Waals surface area contributed by atoms with Crippen molar-refractivity contribution in [3.8, 4) is 0 Å². The molecule has 0 saturated carbocycles. The molecule has 0 aliphatic carbocycles. The van der Waals surface area contributed by atoms with Crippen LogP contribution in [0.3, 0.4) is 0 Å². The van der Waals surface area contributed by atoms with Crippen LogP contribution in [0.5, 0.6) is 0 Å². The summed E-state index contributed by atoms with van der Waals surface area (Å²) >= 11 is 0. The fraction of sp³-hybridized carbons (Fsp3) is 1.00. The predicted octanol–water partition coefficient (Wildman–Crippen LogP) is 1.79. The zero-order chi connectivity index (χ0) is 11.8. The molecule has 0 radical (unpaired) electrons. The Bertz CT molecular complexity index is 250. The maximum atomic E-state index is 10.0. The minimum Gasteiger partial charge on any atom is -0.389 e. The summed E-state index contributed by atoms with van der Waals surface area (Å²) in [5.41, 5.74) is -0.435. The molecule has 0 spiro atoms. The van der Waals surface area contributed by atoms with Crippen molar-refractivity contribution in [2.24, 2.45) is 0 Å². The van der Waals surface area contributed by atoms with Gasteiger partial charge in [-0.1, -0.05) is 0 Å². The van der Waals surface area contributed by atoms with Crippen molar-refractivity contribution in [2.75, 3.05) is 19.6 Å². The summed E-state index contributed by atoms with van der Waals surface area (Å²) in [5.74, 6) is 0. The van der Waals surface area contributed by atoms with Crippen LogP contribution in [0, 0.1) is 0 Å². The van der Waals surface area contributed by atoms with Gasteiger partial charge >= 0.3 is 0 Å². The van der Waals surface area contributed by atoms with Crippen LogP contribution >= 0.6 is 0 Å². The standard InChI is InChI=1S/C13H25NO2/c1-12(2)7-5-11(16-12)9-14-8-4-6-13(3,15)10-14/h11,15H,4-10H2,1-3H3. The Balaban J connectivity index is 1.82. The lowest BCUT2D eigenvalue weighted by atomic mass is 9.95. The number of rotatable bonds is 2. The van der Waals surface area contributed by atoms with Crippen molar-refractivity contribution in [1.82, 2.24) is 4.90 Å². The van der Waals surface area contributed by atoms with Gasteiger partial charge in [-0.3, -0.25) is 4.90 Å². The van der Waals surface area contributed by atoms with E-state index >= 15 is 0 Å². The van der Waals surface area contributed by atoms with E-state index in [2.05, 4.69) is 18.7 Å². The van der Waals surface area contributed by atoms with E-state index in [9.17, 15) is 5.11 Å². The average Bonchev–Trinajstić information content (AvgIpc) is 2.43. The lowest BCUT2D eigenvalue weighted by Gasteiger charge is -2.38. The monoisotopic (exact) mass is 227 g/mol. The third-order valence-corrected chi connectivity index (χ3v) is 3.77. The van der Waals surface area contributed by atoms with Crippen molar-refractivity contribution in [3.63, 3.8) is 0 Å². The van der Waals surface area contributed by atoms with Crippen LogP contribution in [-0.2, 0) is 4.74 Å². The molecule has 2 unspecified atom stereocenters. The summed E-state index contributed by atoms with van der Waals surface area (Å²) in [7, 11) is 0. The Labute approximate surface area is 98.8 Å². The predicted molar refractivity (Wildman–Crippen MR) is 64.5 cm³/mol. The molecule has 0 aromatic rings. The number of likely N-dealkylation sites (tertiary alicyclic amines) is 1. The molecule has 2 atom stereocenters. The van der Waals surface area contributed by atoms with Crippen LogP contribution in [0.1, 0.15) is 46.5 Å². The van der Waals surface area contributed by atoms with Crippen molar-refractivity contribution in [3.05, 3.63) is 0 Å². The van der Waals surface area contributed by atoms with E-state index < -0.39 is 5.60 Å². The molecule has 0 aromatic carbocycles. The first-order valence-electron chi connectivity index (χ1n) is 6.49. The summed E-state index contributed by atoms with van der Waals surface area (Å²) < 4.78 is 6.00. The number of β-amino-alcohol motifs (C(OH)–C–C–N with tert-alkyl or cyclic N) is 1. The van der Waals surface area contributed by atoms with Crippen LogP contribution < -0.4 is 0 Å². The summed E-state index contributed by atoms with van der Waals surface area (Å²) in [4.78, 5) is 2.36. The number of piperidine rings is 1. The van der Waals surface area contributed by atoms with Gasteiger partial charge in [0.05, 0.1) is 17.3 Å². The second-order valence-electron chi connectivity index (χ2n) is 6.37. The maximum absolute atomic E-state index is 10.0. The van der Waals surface area contributed by atoms with E-state index in [-0.39, 0.29) is 5.60 Å². The highest BCUT2D eigenvalue weighted by molar-refractivity contribution is 4.87. The largest absolute Gasteiger partial charge is 0.389 e. The smallest absolute Gasteiger partial charge is 0.0746 e. The molecular weight excluding hydrogens is 202 g/mol. The second kappa shape index (κ2) is 4.28. The zero-order valence-electron chi connectivity index (χ0n) is 10.8. The third kappa shape index (κ3) is 3.19. The van der Waals surface area contributed by atoms with Crippen LogP contribution in [0.4, 0.5) is 0 Å². The zero-order valence-corrected chi connectivity index (χ0v) is 10.8. The van der Waals surface area contributed by atoms with Gasteiger partial charge in [-0.25, -0.2) is 0 Å². The molecule has 16 heavy (non-hydrogen) atoms. The lowest BCUT2D eigenvalue weighted by Crippen LogP contribution is -2.48. The fourth-order valence-electron chi connectivity index (χ4n) is 2.97. The molecule has 2 aliphatic rings. The highest BCUT2D eigenvalue weighted by Crippen LogP contribution is 2.30. The van der Waals surface area contributed by atoms with E-state index in [0.717, 1.165) is 45.3 Å². The lowest BCUT2D eigenvalue weighted by molar-refractivity contribution is -0.0567. The van der Waals surface area contributed by atoms with Gasteiger partial charge < -0.3 is 9.84 Å². The first kappa shape index (κ1) is 12.3. The number of hydrogen-bond donors (Lipinski definition) is 1. The number of aliphatic hydroxyl groups is 1. The average molecular weight is 227 g/mol. The van der Waals surface area contributed by atoms with Crippen LogP contribution in [0.15, 0.2) is 0 Å². The summed E-state index contributed by atoms with van der Waals surface area (Å²) in [6.45, 7) is 9.17. The van der Waals surface area contributed by atoms with E-state index in [0.29, 0.717) is 6.10 Å². The van der Waals surface area contributed by atoms with Gasteiger partial charge in [-0.05, 0) is 53.0 Å². The molecule has 2 heterocycles. The van der Waals surface area contributed by atoms with Gasteiger partial charge in [-0.2, -0.15) is 0 Å². The van der Waals surface area contributed by atoms with Gasteiger partial charge in [0.25, 0.3) is 0 Å². The molecule has 3 nitrogen and oxygen atoms in total. The summed E-state index contributed by atoms with van der Waals surface area (Å²) in [6, 6.07) is 0. The minimum atomic E-state index is -0.494. The van der Waals surface area contributed by atoms with E-state index in [4.69, 9.17) is 4.74 Å². The Hall–Kier alpha value is -0.120. The van der Waals surface area contributed by atoms with Gasteiger partial charge in [0.15, 0.2) is 0 Å². The minimum absolute atomic E-state index is 0.0585. The van der Waals surface area contributed by atoms with E-state index in [1.807, 2.05) is 6.92 Å². The second-order valence-corrected chi connectivity index (χ2v) is 6.37. The van der Waals surface area contributed by atoms with Gasteiger partial charge in [0.2, 0.25) is 0 Å². The summed E-state index contributed by atoms with van der Waals surface area (Å²) in [5, 5.41) is 10.0. The molecule has 3 heteroatoms. The Morgan fingerprint density at radius 2 is 2.06 bits per heavy atom. The molecule has 94 valence electrons. The van der Waals surface area contributed by atoms with Crippen molar-refractivity contribution in [2.45, 2.75) is 63.8 Å². The number of ether oxygens (including phenoxy) is 1. The fourth-order valence-corrected chi connectivity index (χ4v) is 2.97. The van der Waals surface area contributed by atoms with Crippen molar-refractivity contribution in [1.29, 1.82) is 0 Å². The van der Waals surface area contributed by atoms with Crippen LogP contribution in [-0.4, -0.2) is 46.9 Å². The Kier molecular flexibility index (Phi) is 3.30. The molecule has 2 saturated heterocycles. The molecule has 2 rings (SSSR count). The molecule has 2 aliphatic heterocycles. The number of hydrogen-bond acceptors (Lipinski definition) is 3. The summed E-state index contributed by atoms with van der Waals surface area (Å²) in [6.07, 6.45) is 4.71. The van der Waals surface area contributed by atoms with Crippen LogP contribution in [0.2, 0.25) is 0 Å². The first-order chi connectivity index (χ1) is 7.36. The normalized spacial score (nSPS) is 40.1. The van der Waals surface area contributed by atoms with E-state index in [1.54, 1.807) is 0 Å². The molecule has 2 fully saturated rings. The third-order valence-electron chi connectivity index (χ3n) is 3.77. The molecule has 0 amide bonds. The molecule has 1 N–H and O–H groups in total. The molecular formula is C13H25NO2. The van der Waals surface area contributed by atoms with E-state index in [1.165, 1.54) is 0 Å². The topological polar surface area (TPSA) is 32.7 Å². The SMILES string of the molecule is CC1(O)CCCN(CC2CCC(C)(C)O2)C1. The van der Waals surface area contributed by atoms with Crippen molar-refractivity contribution < 1.29 is 9.84 Å². The van der Waals surface area contributed by atoms with Gasteiger partial charge in [0, 0.05) is 13.1 Å². The number of nitrogens with zero attached hydrogens (tertiary/aromatic N) is 1. The highest BCUT2D eigenvalue weighted by Gasteiger charge is 2.35. The Morgan fingerprint density at radius 3 is 2.62 bits per heavy atom. The maximum Gasteiger partial charge on any atom is 0.0746 e. The highest BCUT2D eigenvalue weighted by atomic mass is 16.5. The quantitative estimate of drug-likeness (QED) is 0.780. The Morgan fingerprint density at radius 1 is 1.31 bits per heavy atom. The molecule has 0 bridgehead atoms. The molecule has 0 aromatic heterocycles. The van der Waals surface area contributed by atoms with Crippen molar-refractivity contribution >= 4 is 0 Å². The van der Waals surface area contributed by atoms with Crippen LogP contribution in [0.25, 0.3) is 0 Å². The first-order valence-corrected chi connectivity index (χ1v) is 6.49.